The van der Waals surface area contributed by atoms with Gasteiger partial charge in [-0.1, -0.05) is 0 Å². The molecule has 0 atom stereocenters. The second-order valence-electron chi connectivity index (χ2n) is 2.12. The van der Waals surface area contributed by atoms with Crippen molar-refractivity contribution in [2.24, 2.45) is 0 Å². The molecule has 0 unspecified atom stereocenters. The fraction of sp³-hybridized carbons (Fsp3) is 0.167. The lowest BCUT2D eigenvalue weighted by molar-refractivity contribution is 0.146. The van der Waals surface area contributed by atoms with Gasteiger partial charge >= 0.3 is 0 Å². The third-order valence-electron chi connectivity index (χ3n) is 1.27. The third-order valence-corrected chi connectivity index (χ3v) is 1.27. The van der Waals surface area contributed by atoms with Crippen LogP contribution in [0.2, 0.25) is 0 Å². The van der Waals surface area contributed by atoms with E-state index in [4.69, 9.17) is 5.73 Å². The van der Waals surface area contributed by atoms with Crippen LogP contribution in [0.5, 0.6) is 0 Å². The maximum atomic E-state index is 12.7. The predicted octanol–water partition coefficient (Wildman–Crippen LogP) is 1.03. The van der Waals surface area contributed by atoms with Crippen molar-refractivity contribution in [2.45, 2.75) is 6.43 Å². The topological polar surface area (TPSA) is 58.9 Å². The molecule has 3 N–H and O–H groups in total. The summed E-state index contributed by atoms with van der Waals surface area (Å²) >= 11 is 0. The molecule has 0 aliphatic carbocycles. The van der Waals surface area contributed by atoms with E-state index in [0.29, 0.717) is 6.07 Å². The highest BCUT2D eigenvalue weighted by molar-refractivity contribution is 5.35. The first-order valence-electron chi connectivity index (χ1n) is 2.98. The molecule has 0 spiro atoms. The van der Waals surface area contributed by atoms with E-state index in [-0.39, 0.29) is 0 Å². The van der Waals surface area contributed by atoms with Crippen LogP contribution in [0.15, 0.2) is 10.9 Å². The van der Waals surface area contributed by atoms with Gasteiger partial charge in [0.05, 0.1) is 5.56 Å². The Bertz CT molecular complexity index is 347. The van der Waals surface area contributed by atoms with Crippen LogP contribution < -0.4 is 11.3 Å². The van der Waals surface area contributed by atoms with Crippen molar-refractivity contribution in [3.63, 3.8) is 0 Å². The minimum atomic E-state index is -3.03. The molecule has 0 aliphatic heterocycles. The van der Waals surface area contributed by atoms with Crippen LogP contribution in [-0.4, -0.2) is 4.98 Å². The van der Waals surface area contributed by atoms with Gasteiger partial charge in [-0.05, 0) is 0 Å². The number of hydrogen-bond acceptors (Lipinski definition) is 2. The molecule has 0 saturated carbocycles. The smallest absolute Gasteiger partial charge is 0.267 e. The Morgan fingerprint density at radius 3 is 2.58 bits per heavy atom. The number of anilines is 1. The molecule has 1 aromatic heterocycles. The van der Waals surface area contributed by atoms with Crippen LogP contribution in [0, 0.1) is 5.82 Å². The fourth-order valence-electron chi connectivity index (χ4n) is 0.743. The number of H-pyrrole nitrogens is 1. The standard InChI is InChI=1S/C6H5F3N2O/c7-4-2(5(8)9)1-3(12)11-6(4)10/h1,5H,(H3,10,11,12). The zero-order valence-electron chi connectivity index (χ0n) is 5.77. The van der Waals surface area contributed by atoms with E-state index in [1.165, 1.54) is 0 Å². The summed E-state index contributed by atoms with van der Waals surface area (Å²) in [5, 5.41) is 0. The summed E-state index contributed by atoms with van der Waals surface area (Å²) in [5.74, 6) is -1.94. The van der Waals surface area contributed by atoms with Gasteiger partial charge in [-0.3, -0.25) is 4.79 Å². The molecule has 0 aliphatic rings. The van der Waals surface area contributed by atoms with E-state index >= 15 is 0 Å². The Balaban J connectivity index is 3.38. The van der Waals surface area contributed by atoms with E-state index in [0.717, 1.165) is 0 Å². The molecule has 0 bridgehead atoms. The predicted molar refractivity (Wildman–Crippen MR) is 36.4 cm³/mol. The van der Waals surface area contributed by atoms with Crippen molar-refractivity contribution >= 4 is 5.82 Å². The minimum absolute atomic E-state index is 0.482. The largest absolute Gasteiger partial charge is 0.383 e. The Morgan fingerprint density at radius 2 is 2.08 bits per heavy atom. The highest BCUT2D eigenvalue weighted by atomic mass is 19.3. The molecule has 1 heterocycles. The lowest BCUT2D eigenvalue weighted by Crippen LogP contribution is -2.12. The van der Waals surface area contributed by atoms with E-state index in [9.17, 15) is 18.0 Å². The number of nitrogens with one attached hydrogen (secondary N) is 1. The highest BCUT2D eigenvalue weighted by Crippen LogP contribution is 2.21. The summed E-state index contributed by atoms with van der Waals surface area (Å²) in [4.78, 5) is 12.4. The Morgan fingerprint density at radius 1 is 1.50 bits per heavy atom. The molecule has 0 radical (unpaired) electrons. The van der Waals surface area contributed by atoms with Crippen LogP contribution in [0.25, 0.3) is 0 Å². The number of nitrogen functional groups attached to an aromatic ring is 1. The zero-order chi connectivity index (χ0) is 9.30. The number of pyridine rings is 1. The van der Waals surface area contributed by atoms with Crippen LogP contribution in [0.4, 0.5) is 19.0 Å². The highest BCUT2D eigenvalue weighted by Gasteiger charge is 2.16. The van der Waals surface area contributed by atoms with Crippen molar-refractivity contribution in [1.29, 1.82) is 0 Å². The summed E-state index contributed by atoms with van der Waals surface area (Å²) < 4.78 is 36.5. The van der Waals surface area contributed by atoms with Crippen LogP contribution >= 0.6 is 0 Å². The molecular weight excluding hydrogens is 173 g/mol. The molecule has 1 rings (SSSR count). The second kappa shape index (κ2) is 2.88. The van der Waals surface area contributed by atoms with Gasteiger partial charge in [0, 0.05) is 6.07 Å². The average Bonchev–Trinajstić information content (AvgIpc) is 1.96. The second-order valence-corrected chi connectivity index (χ2v) is 2.12. The maximum Gasteiger partial charge on any atom is 0.267 e. The zero-order valence-corrected chi connectivity index (χ0v) is 5.77. The Hall–Kier alpha value is -1.46. The van der Waals surface area contributed by atoms with E-state index in [2.05, 4.69) is 0 Å². The maximum absolute atomic E-state index is 12.7. The summed E-state index contributed by atoms with van der Waals surface area (Å²) in [6.45, 7) is 0. The van der Waals surface area contributed by atoms with Gasteiger partial charge < -0.3 is 10.7 Å². The number of aromatic nitrogens is 1. The van der Waals surface area contributed by atoms with Gasteiger partial charge in [0.25, 0.3) is 6.43 Å². The molecule has 66 valence electrons. The number of nitrogens with two attached hydrogens (primary N) is 1. The molecular formula is C6H5F3N2O. The molecule has 12 heavy (non-hydrogen) atoms. The van der Waals surface area contributed by atoms with Gasteiger partial charge in [-0.2, -0.15) is 0 Å². The molecule has 6 heteroatoms. The molecule has 1 aromatic rings. The number of alkyl halides is 2. The van der Waals surface area contributed by atoms with Crippen molar-refractivity contribution in [1.82, 2.24) is 4.98 Å². The molecule has 0 fully saturated rings. The monoisotopic (exact) mass is 178 g/mol. The lowest BCUT2D eigenvalue weighted by Gasteiger charge is -2.02. The normalized spacial score (nSPS) is 10.7. The SMILES string of the molecule is Nc1[nH]c(=O)cc(C(F)F)c1F. The van der Waals surface area contributed by atoms with E-state index in [1.807, 2.05) is 4.98 Å². The minimum Gasteiger partial charge on any atom is -0.383 e. The Labute approximate surface area is 65.0 Å². The van der Waals surface area contributed by atoms with Gasteiger partial charge in [0.15, 0.2) is 5.82 Å². The van der Waals surface area contributed by atoms with Gasteiger partial charge in [0.1, 0.15) is 5.82 Å². The number of aromatic amines is 1. The summed E-state index contributed by atoms with van der Waals surface area (Å²) in [6.07, 6.45) is -3.03. The fourth-order valence-corrected chi connectivity index (χ4v) is 0.743. The van der Waals surface area contributed by atoms with Crippen molar-refractivity contribution in [2.75, 3.05) is 5.73 Å². The summed E-state index contributed by atoms with van der Waals surface area (Å²) in [5.41, 5.74) is 3.08. The molecule has 0 amide bonds. The third kappa shape index (κ3) is 1.41. The first-order chi connectivity index (χ1) is 5.52. The van der Waals surface area contributed by atoms with Gasteiger partial charge in [0.2, 0.25) is 5.56 Å². The average molecular weight is 178 g/mol. The molecule has 0 saturated heterocycles. The van der Waals surface area contributed by atoms with Gasteiger partial charge in [-0.25, -0.2) is 13.2 Å². The number of hydrogen-bond donors (Lipinski definition) is 2. The summed E-state index contributed by atoms with van der Waals surface area (Å²) in [6, 6.07) is 0.482. The molecule has 0 aromatic carbocycles. The van der Waals surface area contributed by atoms with Crippen molar-refractivity contribution < 1.29 is 13.2 Å². The van der Waals surface area contributed by atoms with Crippen LogP contribution in [0.1, 0.15) is 12.0 Å². The van der Waals surface area contributed by atoms with Crippen molar-refractivity contribution in [3.05, 3.63) is 27.8 Å². The van der Waals surface area contributed by atoms with Crippen molar-refractivity contribution in [3.8, 4) is 0 Å². The number of halogens is 3. The van der Waals surface area contributed by atoms with Crippen LogP contribution in [-0.2, 0) is 0 Å². The number of rotatable bonds is 1. The molecule has 3 nitrogen and oxygen atoms in total. The Kier molecular flexibility index (Phi) is 2.07. The van der Waals surface area contributed by atoms with E-state index < -0.39 is 29.2 Å². The van der Waals surface area contributed by atoms with Gasteiger partial charge in [-0.15, -0.1) is 0 Å². The van der Waals surface area contributed by atoms with E-state index in [1.54, 1.807) is 0 Å². The quantitative estimate of drug-likeness (QED) is 0.674. The summed E-state index contributed by atoms with van der Waals surface area (Å²) in [7, 11) is 0. The lowest BCUT2D eigenvalue weighted by atomic mass is 10.2. The first-order valence-corrected chi connectivity index (χ1v) is 2.98. The van der Waals surface area contributed by atoms with Crippen LogP contribution in [0.3, 0.4) is 0 Å². The first kappa shape index (κ1) is 8.63.